The maximum Gasteiger partial charge on any atom is 0.169 e. The van der Waals surface area contributed by atoms with E-state index in [0.717, 1.165) is 64.0 Å². The summed E-state index contributed by atoms with van der Waals surface area (Å²) in [6.07, 6.45) is 2.70. The van der Waals surface area contributed by atoms with E-state index in [1.165, 1.54) is 6.42 Å². The summed E-state index contributed by atoms with van der Waals surface area (Å²) in [5.41, 5.74) is 0. The maximum absolute atomic E-state index is 5.61. The highest BCUT2D eigenvalue weighted by Crippen LogP contribution is 2.11. The first-order chi connectivity index (χ1) is 9.65. The molecule has 116 valence electrons. The second-order valence-electron chi connectivity index (χ2n) is 5.95. The molecule has 1 unspecified atom stereocenters. The fourth-order valence-corrected chi connectivity index (χ4v) is 2.90. The number of ether oxygens (including phenoxy) is 1. The van der Waals surface area contributed by atoms with Crippen LogP contribution in [0.4, 0.5) is 0 Å². The first kappa shape index (κ1) is 15.9. The second kappa shape index (κ2) is 8.12. The molecule has 2 aliphatic rings. The smallest absolute Gasteiger partial charge is 0.169 e. The Bertz CT molecular complexity index is 300. The highest BCUT2D eigenvalue weighted by Gasteiger charge is 2.20. The van der Waals surface area contributed by atoms with Crippen LogP contribution in [0, 0.1) is 0 Å². The molecule has 2 heterocycles. The number of piperazine rings is 1. The highest BCUT2D eigenvalue weighted by molar-refractivity contribution is 7.80. The van der Waals surface area contributed by atoms with Crippen molar-refractivity contribution in [2.75, 3.05) is 66.5 Å². The molecule has 0 spiro atoms. The van der Waals surface area contributed by atoms with Crippen molar-refractivity contribution in [3.63, 3.8) is 0 Å². The van der Waals surface area contributed by atoms with E-state index in [4.69, 9.17) is 17.0 Å². The van der Waals surface area contributed by atoms with E-state index in [0.29, 0.717) is 6.10 Å². The Kier molecular flexibility index (Phi) is 6.48. The minimum Gasteiger partial charge on any atom is -0.376 e. The summed E-state index contributed by atoms with van der Waals surface area (Å²) in [4.78, 5) is 7.04. The van der Waals surface area contributed by atoms with E-state index < -0.39 is 0 Å². The van der Waals surface area contributed by atoms with Crippen LogP contribution in [0.2, 0.25) is 0 Å². The minimum atomic E-state index is 0.356. The van der Waals surface area contributed by atoms with Gasteiger partial charge in [-0.2, -0.15) is 0 Å². The van der Waals surface area contributed by atoms with Gasteiger partial charge in [-0.05, 0) is 39.2 Å². The van der Waals surface area contributed by atoms with Crippen molar-refractivity contribution in [2.24, 2.45) is 0 Å². The van der Waals surface area contributed by atoms with Crippen LogP contribution >= 0.6 is 12.2 Å². The Morgan fingerprint density at radius 1 is 1.30 bits per heavy atom. The molecule has 2 saturated heterocycles. The van der Waals surface area contributed by atoms with E-state index in [1.807, 2.05) is 0 Å². The van der Waals surface area contributed by atoms with Crippen LogP contribution in [-0.2, 0) is 4.74 Å². The molecule has 0 amide bonds. The van der Waals surface area contributed by atoms with Crippen LogP contribution in [0.3, 0.4) is 0 Å². The Balaban J connectivity index is 1.61. The van der Waals surface area contributed by atoms with Gasteiger partial charge in [0.2, 0.25) is 0 Å². The standard InChI is InChI=1S/C14H28N4OS/c1-16(2)5-6-17-7-9-18(10-8-17)14(20)15-12-13-4-3-11-19-13/h13H,3-12H2,1-2H3,(H,15,20). The van der Waals surface area contributed by atoms with Gasteiger partial charge in [0.1, 0.15) is 0 Å². The summed E-state index contributed by atoms with van der Waals surface area (Å²) in [6.45, 7) is 8.32. The molecule has 0 bridgehead atoms. The Morgan fingerprint density at radius 2 is 2.05 bits per heavy atom. The van der Waals surface area contributed by atoms with Crippen molar-refractivity contribution in [1.82, 2.24) is 20.0 Å². The molecule has 5 nitrogen and oxygen atoms in total. The molecule has 2 fully saturated rings. The van der Waals surface area contributed by atoms with Gasteiger partial charge in [-0.3, -0.25) is 4.90 Å². The van der Waals surface area contributed by atoms with Gasteiger partial charge in [0.05, 0.1) is 6.10 Å². The molecule has 0 radical (unpaired) electrons. The molecule has 2 rings (SSSR count). The van der Waals surface area contributed by atoms with Gasteiger partial charge < -0.3 is 19.9 Å². The summed E-state index contributed by atoms with van der Waals surface area (Å²) in [5, 5.41) is 4.26. The van der Waals surface area contributed by atoms with E-state index in [1.54, 1.807) is 0 Å². The number of thiocarbonyl (C=S) groups is 1. The van der Waals surface area contributed by atoms with Gasteiger partial charge in [-0.1, -0.05) is 0 Å². The maximum atomic E-state index is 5.61. The monoisotopic (exact) mass is 300 g/mol. The fourth-order valence-electron chi connectivity index (χ4n) is 2.63. The first-order valence-electron chi connectivity index (χ1n) is 7.66. The highest BCUT2D eigenvalue weighted by atomic mass is 32.1. The van der Waals surface area contributed by atoms with Crippen molar-refractivity contribution < 1.29 is 4.74 Å². The largest absolute Gasteiger partial charge is 0.376 e. The summed E-state index contributed by atoms with van der Waals surface area (Å²) in [7, 11) is 4.25. The molecule has 6 heteroatoms. The van der Waals surface area contributed by atoms with Gasteiger partial charge in [0.15, 0.2) is 5.11 Å². The molecular formula is C14H28N4OS. The number of nitrogens with one attached hydrogen (secondary N) is 1. The molecule has 1 N–H and O–H groups in total. The minimum absolute atomic E-state index is 0.356. The third-order valence-corrected chi connectivity index (χ3v) is 4.43. The summed E-state index contributed by atoms with van der Waals surface area (Å²) < 4.78 is 5.61. The summed E-state index contributed by atoms with van der Waals surface area (Å²) in [5.74, 6) is 0. The first-order valence-corrected chi connectivity index (χ1v) is 8.07. The predicted molar refractivity (Wildman–Crippen MR) is 86.1 cm³/mol. The average Bonchev–Trinajstić information content (AvgIpc) is 2.96. The summed E-state index contributed by atoms with van der Waals surface area (Å²) in [6, 6.07) is 0. The van der Waals surface area contributed by atoms with Crippen LogP contribution in [0.1, 0.15) is 12.8 Å². The van der Waals surface area contributed by atoms with Crippen LogP contribution < -0.4 is 5.32 Å². The van der Waals surface area contributed by atoms with Crippen LogP contribution in [0.15, 0.2) is 0 Å². The Morgan fingerprint density at radius 3 is 2.65 bits per heavy atom. The zero-order chi connectivity index (χ0) is 14.4. The van der Waals surface area contributed by atoms with E-state index in [2.05, 4.69) is 34.1 Å². The van der Waals surface area contributed by atoms with Gasteiger partial charge in [0, 0.05) is 52.4 Å². The van der Waals surface area contributed by atoms with Crippen LogP contribution in [0.5, 0.6) is 0 Å². The zero-order valence-electron chi connectivity index (χ0n) is 12.8. The SMILES string of the molecule is CN(C)CCN1CCN(C(=S)NCC2CCCO2)CC1. The Hall–Kier alpha value is -0.430. The molecule has 0 saturated carbocycles. The van der Waals surface area contributed by atoms with E-state index in [-0.39, 0.29) is 0 Å². The molecule has 1 atom stereocenters. The van der Waals surface area contributed by atoms with Crippen LogP contribution in [-0.4, -0.2) is 92.4 Å². The predicted octanol–water partition coefficient (Wildman–Crippen LogP) is 0.219. The molecule has 0 aliphatic carbocycles. The molecule has 0 aromatic carbocycles. The number of hydrogen-bond acceptors (Lipinski definition) is 4. The van der Waals surface area contributed by atoms with Crippen molar-refractivity contribution in [1.29, 1.82) is 0 Å². The topological polar surface area (TPSA) is 31.0 Å². The average molecular weight is 300 g/mol. The van der Waals surface area contributed by atoms with Crippen molar-refractivity contribution in [3.05, 3.63) is 0 Å². The summed E-state index contributed by atoms with van der Waals surface area (Å²) >= 11 is 5.49. The quantitative estimate of drug-likeness (QED) is 0.731. The lowest BCUT2D eigenvalue weighted by molar-refractivity contribution is 0.112. The van der Waals surface area contributed by atoms with Gasteiger partial charge >= 0.3 is 0 Å². The lowest BCUT2D eigenvalue weighted by Crippen LogP contribution is -2.53. The third-order valence-electron chi connectivity index (χ3n) is 4.03. The third kappa shape index (κ3) is 5.16. The number of rotatable bonds is 5. The lowest BCUT2D eigenvalue weighted by Gasteiger charge is -2.36. The van der Waals surface area contributed by atoms with Crippen molar-refractivity contribution >= 4 is 17.3 Å². The van der Waals surface area contributed by atoms with E-state index in [9.17, 15) is 0 Å². The van der Waals surface area contributed by atoms with Crippen LogP contribution in [0.25, 0.3) is 0 Å². The molecule has 20 heavy (non-hydrogen) atoms. The second-order valence-corrected chi connectivity index (χ2v) is 6.34. The molecule has 2 aliphatic heterocycles. The molecule has 0 aromatic heterocycles. The van der Waals surface area contributed by atoms with Gasteiger partial charge in [-0.25, -0.2) is 0 Å². The number of likely N-dealkylation sites (N-methyl/N-ethyl adjacent to an activating group) is 1. The van der Waals surface area contributed by atoms with Gasteiger partial charge in [0.25, 0.3) is 0 Å². The fraction of sp³-hybridized carbons (Fsp3) is 0.929. The van der Waals surface area contributed by atoms with E-state index >= 15 is 0 Å². The molecule has 0 aromatic rings. The normalized spacial score (nSPS) is 24.4. The Labute approximate surface area is 128 Å². The van der Waals surface area contributed by atoms with Gasteiger partial charge in [-0.15, -0.1) is 0 Å². The van der Waals surface area contributed by atoms with Crippen molar-refractivity contribution in [2.45, 2.75) is 18.9 Å². The number of nitrogens with zero attached hydrogens (tertiary/aromatic N) is 3. The number of hydrogen-bond donors (Lipinski definition) is 1. The zero-order valence-corrected chi connectivity index (χ0v) is 13.6. The lowest BCUT2D eigenvalue weighted by atomic mass is 10.2. The van der Waals surface area contributed by atoms with Crippen molar-refractivity contribution in [3.8, 4) is 0 Å². The molecular weight excluding hydrogens is 272 g/mol.